The van der Waals surface area contributed by atoms with E-state index in [1.165, 1.54) is 25.7 Å². The number of amides is 2. The zero-order valence-corrected chi connectivity index (χ0v) is 13.2. The molecule has 2 rings (SSSR count). The van der Waals surface area contributed by atoms with Crippen LogP contribution in [0, 0.1) is 0 Å². The SMILES string of the molecule is Cl.Nc1ncc(CCCNC(=O)NC2CCCCCC2)[nH]1. The first-order chi connectivity index (χ1) is 9.74. The Bertz CT molecular complexity index is 415. The van der Waals surface area contributed by atoms with Crippen molar-refractivity contribution in [2.75, 3.05) is 12.3 Å². The highest BCUT2D eigenvalue weighted by Crippen LogP contribution is 2.16. The van der Waals surface area contributed by atoms with Crippen molar-refractivity contribution < 1.29 is 4.79 Å². The van der Waals surface area contributed by atoms with Crippen LogP contribution >= 0.6 is 12.4 Å². The number of aromatic amines is 1. The topological polar surface area (TPSA) is 95.8 Å². The lowest BCUT2D eigenvalue weighted by Crippen LogP contribution is -2.42. The smallest absolute Gasteiger partial charge is 0.315 e. The summed E-state index contributed by atoms with van der Waals surface area (Å²) in [4.78, 5) is 18.7. The summed E-state index contributed by atoms with van der Waals surface area (Å²) in [5.41, 5.74) is 6.51. The van der Waals surface area contributed by atoms with E-state index in [-0.39, 0.29) is 18.4 Å². The number of nitrogens with one attached hydrogen (secondary N) is 3. The maximum Gasteiger partial charge on any atom is 0.315 e. The van der Waals surface area contributed by atoms with Gasteiger partial charge >= 0.3 is 6.03 Å². The van der Waals surface area contributed by atoms with Gasteiger partial charge in [0.2, 0.25) is 0 Å². The van der Waals surface area contributed by atoms with Crippen LogP contribution in [-0.4, -0.2) is 28.6 Å². The number of aryl methyl sites for hydroxylation is 1. The molecule has 1 heterocycles. The van der Waals surface area contributed by atoms with E-state index in [4.69, 9.17) is 5.73 Å². The number of rotatable bonds is 5. The van der Waals surface area contributed by atoms with Crippen LogP contribution in [-0.2, 0) is 6.42 Å². The number of hydrogen-bond acceptors (Lipinski definition) is 3. The second kappa shape index (κ2) is 9.50. The number of urea groups is 1. The second-order valence-electron chi connectivity index (χ2n) is 5.49. The molecule has 0 bridgehead atoms. The Morgan fingerprint density at radius 3 is 2.67 bits per heavy atom. The largest absolute Gasteiger partial charge is 0.369 e. The number of nitrogens with zero attached hydrogens (tertiary/aromatic N) is 1. The number of carbonyl (C=O) groups excluding carboxylic acids is 1. The van der Waals surface area contributed by atoms with Gasteiger partial charge in [0.25, 0.3) is 0 Å². The molecule has 1 aliphatic carbocycles. The number of imidazole rings is 1. The first kappa shape index (κ1) is 17.6. The first-order valence-electron chi connectivity index (χ1n) is 7.58. The van der Waals surface area contributed by atoms with Crippen molar-refractivity contribution in [1.29, 1.82) is 0 Å². The van der Waals surface area contributed by atoms with Gasteiger partial charge in [-0.3, -0.25) is 0 Å². The molecular formula is C14H26ClN5O. The van der Waals surface area contributed by atoms with Crippen LogP contribution in [0.25, 0.3) is 0 Å². The van der Waals surface area contributed by atoms with Gasteiger partial charge in [0.05, 0.1) is 6.20 Å². The lowest BCUT2D eigenvalue weighted by Gasteiger charge is -2.16. The molecule has 0 radical (unpaired) electrons. The molecule has 0 saturated heterocycles. The molecule has 1 aliphatic rings. The molecule has 5 N–H and O–H groups in total. The van der Waals surface area contributed by atoms with Gasteiger partial charge in [0, 0.05) is 18.3 Å². The van der Waals surface area contributed by atoms with E-state index in [0.717, 1.165) is 31.4 Å². The van der Waals surface area contributed by atoms with Gasteiger partial charge in [-0.05, 0) is 25.7 Å². The van der Waals surface area contributed by atoms with Crippen LogP contribution < -0.4 is 16.4 Å². The van der Waals surface area contributed by atoms with Gasteiger partial charge in [-0.25, -0.2) is 9.78 Å². The minimum Gasteiger partial charge on any atom is -0.369 e. The molecule has 2 amide bonds. The summed E-state index contributed by atoms with van der Waals surface area (Å²) >= 11 is 0. The monoisotopic (exact) mass is 315 g/mol. The Morgan fingerprint density at radius 1 is 1.33 bits per heavy atom. The Morgan fingerprint density at radius 2 is 2.05 bits per heavy atom. The van der Waals surface area contributed by atoms with Crippen molar-refractivity contribution in [2.45, 2.75) is 57.4 Å². The van der Waals surface area contributed by atoms with Crippen LogP contribution in [0.4, 0.5) is 10.7 Å². The average Bonchev–Trinajstić information content (AvgIpc) is 2.68. The van der Waals surface area contributed by atoms with Crippen LogP contribution in [0.5, 0.6) is 0 Å². The zero-order chi connectivity index (χ0) is 14.2. The quantitative estimate of drug-likeness (QED) is 0.496. The highest BCUT2D eigenvalue weighted by Gasteiger charge is 2.14. The Hall–Kier alpha value is -1.43. The number of halogens is 1. The molecule has 0 aromatic carbocycles. The molecule has 120 valence electrons. The maximum atomic E-state index is 11.8. The van der Waals surface area contributed by atoms with Gasteiger partial charge in [0.15, 0.2) is 5.95 Å². The van der Waals surface area contributed by atoms with E-state index < -0.39 is 0 Å². The lowest BCUT2D eigenvalue weighted by atomic mass is 10.1. The third-order valence-corrected chi connectivity index (χ3v) is 3.75. The van der Waals surface area contributed by atoms with E-state index in [1.807, 2.05) is 0 Å². The average molecular weight is 316 g/mol. The standard InChI is InChI=1S/C14H25N5O.ClH/c15-13-17-10-12(18-13)8-5-9-16-14(20)19-11-6-3-1-2-4-7-11;/h10-11H,1-9H2,(H3,15,17,18)(H2,16,19,20);1H. The normalized spacial score (nSPS) is 15.8. The Kier molecular flexibility index (Phi) is 7.97. The highest BCUT2D eigenvalue weighted by atomic mass is 35.5. The Labute approximate surface area is 132 Å². The summed E-state index contributed by atoms with van der Waals surface area (Å²) in [7, 11) is 0. The Balaban J connectivity index is 0.00000220. The number of H-pyrrole nitrogens is 1. The van der Waals surface area contributed by atoms with Crippen molar-refractivity contribution in [2.24, 2.45) is 0 Å². The fraction of sp³-hybridized carbons (Fsp3) is 0.714. The maximum absolute atomic E-state index is 11.8. The summed E-state index contributed by atoms with van der Waals surface area (Å²) in [6, 6.07) is 0.311. The molecule has 0 atom stereocenters. The number of hydrogen-bond donors (Lipinski definition) is 4. The number of nitrogens with two attached hydrogens (primary N) is 1. The van der Waals surface area contributed by atoms with Crippen molar-refractivity contribution in [3.8, 4) is 0 Å². The van der Waals surface area contributed by atoms with E-state index >= 15 is 0 Å². The molecule has 7 heteroatoms. The van der Waals surface area contributed by atoms with Gasteiger partial charge in [-0.15, -0.1) is 12.4 Å². The molecule has 1 aromatic rings. The minimum absolute atomic E-state index is 0. The molecule has 1 saturated carbocycles. The van der Waals surface area contributed by atoms with Crippen LogP contribution in [0.2, 0.25) is 0 Å². The minimum atomic E-state index is -0.0407. The van der Waals surface area contributed by atoms with E-state index in [9.17, 15) is 4.79 Å². The third-order valence-electron chi connectivity index (χ3n) is 3.75. The van der Waals surface area contributed by atoms with E-state index in [0.29, 0.717) is 18.5 Å². The highest BCUT2D eigenvalue weighted by molar-refractivity contribution is 5.85. The summed E-state index contributed by atoms with van der Waals surface area (Å²) < 4.78 is 0. The molecule has 0 unspecified atom stereocenters. The number of anilines is 1. The van der Waals surface area contributed by atoms with Gasteiger partial charge in [-0.1, -0.05) is 25.7 Å². The zero-order valence-electron chi connectivity index (χ0n) is 12.4. The second-order valence-corrected chi connectivity index (χ2v) is 5.49. The molecule has 1 fully saturated rings. The van der Waals surface area contributed by atoms with Crippen LogP contribution in [0.1, 0.15) is 50.6 Å². The summed E-state index contributed by atoms with van der Waals surface area (Å²) in [6.07, 6.45) is 10.7. The molecule has 6 nitrogen and oxygen atoms in total. The van der Waals surface area contributed by atoms with Gasteiger partial charge in [-0.2, -0.15) is 0 Å². The fourth-order valence-corrected chi connectivity index (χ4v) is 2.64. The van der Waals surface area contributed by atoms with Crippen LogP contribution in [0.3, 0.4) is 0 Å². The summed E-state index contributed by atoms with van der Waals surface area (Å²) in [5, 5.41) is 5.98. The number of carbonyl (C=O) groups is 1. The van der Waals surface area contributed by atoms with Crippen molar-refractivity contribution in [1.82, 2.24) is 20.6 Å². The summed E-state index contributed by atoms with van der Waals surface area (Å²) in [6.45, 7) is 0.664. The van der Waals surface area contributed by atoms with Gasteiger partial charge in [0.1, 0.15) is 0 Å². The predicted octanol–water partition coefficient (Wildman–Crippen LogP) is 2.37. The lowest BCUT2D eigenvalue weighted by molar-refractivity contribution is 0.235. The molecule has 21 heavy (non-hydrogen) atoms. The third kappa shape index (κ3) is 6.71. The summed E-state index contributed by atoms with van der Waals surface area (Å²) in [5.74, 6) is 0.444. The van der Waals surface area contributed by atoms with E-state index in [1.54, 1.807) is 6.20 Å². The van der Waals surface area contributed by atoms with Gasteiger partial charge < -0.3 is 21.4 Å². The molecule has 1 aromatic heterocycles. The van der Waals surface area contributed by atoms with Crippen molar-refractivity contribution in [3.63, 3.8) is 0 Å². The molecule has 0 aliphatic heterocycles. The van der Waals surface area contributed by atoms with Crippen LogP contribution in [0.15, 0.2) is 6.20 Å². The number of nitrogen functional groups attached to an aromatic ring is 1. The fourth-order valence-electron chi connectivity index (χ4n) is 2.64. The molecule has 0 spiro atoms. The van der Waals surface area contributed by atoms with E-state index in [2.05, 4.69) is 20.6 Å². The molecular weight excluding hydrogens is 290 g/mol. The van der Waals surface area contributed by atoms with Crippen molar-refractivity contribution >= 4 is 24.4 Å². The first-order valence-corrected chi connectivity index (χ1v) is 7.58. The predicted molar refractivity (Wildman–Crippen MR) is 86.6 cm³/mol. The number of aromatic nitrogens is 2. The van der Waals surface area contributed by atoms with Crippen molar-refractivity contribution in [3.05, 3.63) is 11.9 Å².